The van der Waals surface area contributed by atoms with Gasteiger partial charge in [-0.2, -0.15) is 0 Å². The van der Waals surface area contributed by atoms with Gasteiger partial charge in [0.05, 0.1) is 19.1 Å². The van der Waals surface area contributed by atoms with E-state index in [2.05, 4.69) is 43.0 Å². The molecule has 20 heavy (non-hydrogen) atoms. The van der Waals surface area contributed by atoms with Crippen molar-refractivity contribution in [2.24, 2.45) is 5.92 Å². The lowest BCUT2D eigenvalue weighted by Gasteiger charge is -2.34. The number of likely N-dealkylation sites (N-methyl/N-ethyl adjacent to an activating group) is 1. The fourth-order valence-electron chi connectivity index (χ4n) is 2.96. The van der Waals surface area contributed by atoms with Gasteiger partial charge in [0.25, 0.3) is 0 Å². The molecule has 4 nitrogen and oxygen atoms in total. The van der Waals surface area contributed by atoms with Crippen LogP contribution < -0.4 is 0 Å². The number of aliphatic carboxylic acids is 1. The third kappa shape index (κ3) is 3.02. The van der Waals surface area contributed by atoms with E-state index >= 15 is 0 Å². The Bertz CT molecular complexity index is 457. The summed E-state index contributed by atoms with van der Waals surface area (Å²) in [6, 6.07) is 8.64. The fourth-order valence-corrected chi connectivity index (χ4v) is 2.96. The van der Waals surface area contributed by atoms with Gasteiger partial charge in [0, 0.05) is 12.1 Å². The number of carbonyl (C=O) groups is 1. The number of hydrogen-bond acceptors (Lipinski definition) is 3. The predicted octanol–water partition coefficient (Wildman–Crippen LogP) is 2.48. The van der Waals surface area contributed by atoms with Crippen molar-refractivity contribution in [2.75, 3.05) is 20.3 Å². The highest BCUT2D eigenvalue weighted by atomic mass is 16.5. The molecule has 1 aliphatic rings. The van der Waals surface area contributed by atoms with Crippen LogP contribution >= 0.6 is 0 Å². The van der Waals surface area contributed by atoms with Crippen LogP contribution in [0.25, 0.3) is 0 Å². The van der Waals surface area contributed by atoms with Crippen molar-refractivity contribution < 1.29 is 14.6 Å². The molecular weight excluding hydrogens is 254 g/mol. The van der Waals surface area contributed by atoms with Crippen LogP contribution in [0.3, 0.4) is 0 Å². The summed E-state index contributed by atoms with van der Waals surface area (Å²) in [6.07, 6.45) is 0.947. The number of benzene rings is 1. The maximum Gasteiger partial charge on any atom is 0.310 e. The van der Waals surface area contributed by atoms with Crippen molar-refractivity contribution in [1.82, 2.24) is 4.90 Å². The molecule has 3 atom stereocenters. The number of ether oxygens (including phenoxy) is 1. The average Bonchev–Trinajstić information content (AvgIpc) is 2.91. The Morgan fingerprint density at radius 3 is 2.60 bits per heavy atom. The zero-order valence-electron chi connectivity index (χ0n) is 12.4. The number of rotatable bonds is 5. The first kappa shape index (κ1) is 15.0. The first-order valence-electron chi connectivity index (χ1n) is 7.13. The van der Waals surface area contributed by atoms with Crippen molar-refractivity contribution in [3.05, 3.63) is 35.4 Å². The van der Waals surface area contributed by atoms with E-state index in [-0.39, 0.29) is 12.1 Å². The molecule has 1 aliphatic heterocycles. The van der Waals surface area contributed by atoms with Crippen LogP contribution in [0.4, 0.5) is 0 Å². The molecule has 110 valence electrons. The smallest absolute Gasteiger partial charge is 0.310 e. The summed E-state index contributed by atoms with van der Waals surface area (Å²) in [5.74, 6) is -1.20. The zero-order chi connectivity index (χ0) is 14.7. The summed E-state index contributed by atoms with van der Waals surface area (Å²) >= 11 is 0. The molecule has 1 aromatic carbocycles. The minimum atomic E-state index is -0.766. The van der Waals surface area contributed by atoms with Gasteiger partial charge in [-0.15, -0.1) is 0 Å². The van der Waals surface area contributed by atoms with Gasteiger partial charge in [-0.3, -0.25) is 9.69 Å². The highest BCUT2D eigenvalue weighted by molar-refractivity contribution is 5.71. The largest absolute Gasteiger partial charge is 0.481 e. The van der Waals surface area contributed by atoms with E-state index in [1.165, 1.54) is 11.1 Å². The van der Waals surface area contributed by atoms with Crippen molar-refractivity contribution in [2.45, 2.75) is 32.4 Å². The fraction of sp³-hybridized carbons (Fsp3) is 0.562. The van der Waals surface area contributed by atoms with E-state index in [0.29, 0.717) is 13.2 Å². The van der Waals surface area contributed by atoms with Crippen LogP contribution in [0.1, 0.15) is 30.5 Å². The SMILES string of the molecule is CCC(c1ccc(C)cc1)N(C)C1COCC1C(=O)O. The van der Waals surface area contributed by atoms with Crippen LogP contribution in [-0.4, -0.2) is 42.3 Å². The van der Waals surface area contributed by atoms with Crippen LogP contribution in [0, 0.1) is 12.8 Å². The highest BCUT2D eigenvalue weighted by Gasteiger charge is 2.38. The van der Waals surface area contributed by atoms with Gasteiger partial charge in [-0.1, -0.05) is 36.8 Å². The van der Waals surface area contributed by atoms with Gasteiger partial charge in [-0.05, 0) is 26.0 Å². The molecule has 1 heterocycles. The van der Waals surface area contributed by atoms with Gasteiger partial charge in [-0.25, -0.2) is 0 Å². The Morgan fingerprint density at radius 1 is 1.40 bits per heavy atom. The molecule has 3 unspecified atom stereocenters. The van der Waals surface area contributed by atoms with Crippen molar-refractivity contribution in [3.63, 3.8) is 0 Å². The zero-order valence-corrected chi connectivity index (χ0v) is 12.4. The second kappa shape index (κ2) is 6.37. The van der Waals surface area contributed by atoms with Crippen LogP contribution in [0.15, 0.2) is 24.3 Å². The highest BCUT2D eigenvalue weighted by Crippen LogP contribution is 2.30. The molecule has 0 amide bonds. The van der Waals surface area contributed by atoms with E-state index in [9.17, 15) is 9.90 Å². The van der Waals surface area contributed by atoms with Crippen molar-refractivity contribution in [3.8, 4) is 0 Å². The summed E-state index contributed by atoms with van der Waals surface area (Å²) < 4.78 is 5.38. The minimum Gasteiger partial charge on any atom is -0.481 e. The first-order chi connectivity index (χ1) is 9.54. The number of carboxylic acids is 1. The Hall–Kier alpha value is -1.39. The van der Waals surface area contributed by atoms with E-state index in [0.717, 1.165) is 6.42 Å². The third-order valence-electron chi connectivity index (χ3n) is 4.23. The molecule has 0 saturated carbocycles. The number of aryl methyl sites for hydroxylation is 1. The Balaban J connectivity index is 2.18. The van der Waals surface area contributed by atoms with Crippen LogP contribution in [0.2, 0.25) is 0 Å². The summed E-state index contributed by atoms with van der Waals surface area (Å²) in [5, 5.41) is 9.29. The Kier molecular flexibility index (Phi) is 4.78. The lowest BCUT2D eigenvalue weighted by atomic mass is 9.96. The minimum absolute atomic E-state index is 0.0567. The Morgan fingerprint density at radius 2 is 2.05 bits per heavy atom. The summed E-state index contributed by atoms with van der Waals surface area (Å²) in [5.41, 5.74) is 2.47. The number of carboxylic acid groups (broad SMARTS) is 1. The van der Waals surface area contributed by atoms with Crippen molar-refractivity contribution in [1.29, 1.82) is 0 Å². The molecular formula is C16H23NO3. The molecule has 4 heteroatoms. The van der Waals surface area contributed by atoms with Gasteiger partial charge in [0.15, 0.2) is 0 Å². The lowest BCUT2D eigenvalue weighted by Crippen LogP contribution is -2.42. The van der Waals surface area contributed by atoms with Gasteiger partial charge in [0.1, 0.15) is 0 Å². The topological polar surface area (TPSA) is 49.8 Å². The van der Waals surface area contributed by atoms with Crippen molar-refractivity contribution >= 4 is 5.97 Å². The molecule has 1 N–H and O–H groups in total. The van der Waals surface area contributed by atoms with Gasteiger partial charge in [0.2, 0.25) is 0 Å². The molecule has 1 saturated heterocycles. The van der Waals surface area contributed by atoms with Gasteiger partial charge >= 0.3 is 5.97 Å². The van der Waals surface area contributed by atoms with E-state index in [1.54, 1.807) is 0 Å². The Labute approximate surface area is 120 Å². The standard InChI is InChI=1S/C16H23NO3/c1-4-14(12-7-5-11(2)6-8-12)17(3)15-10-20-9-13(15)16(18)19/h5-8,13-15H,4,9-10H2,1-3H3,(H,18,19). The molecule has 2 rings (SSSR count). The molecule has 0 aliphatic carbocycles. The second-order valence-corrected chi connectivity index (χ2v) is 5.55. The molecule has 0 bridgehead atoms. The maximum absolute atomic E-state index is 11.3. The second-order valence-electron chi connectivity index (χ2n) is 5.55. The molecule has 1 fully saturated rings. The molecule has 0 spiro atoms. The molecule has 0 aromatic heterocycles. The summed E-state index contributed by atoms with van der Waals surface area (Å²) in [6.45, 7) is 5.01. The van der Waals surface area contributed by atoms with Crippen LogP contribution in [-0.2, 0) is 9.53 Å². The maximum atomic E-state index is 11.3. The van der Waals surface area contributed by atoms with E-state index < -0.39 is 11.9 Å². The molecule has 1 aromatic rings. The third-order valence-corrected chi connectivity index (χ3v) is 4.23. The number of hydrogen-bond donors (Lipinski definition) is 1. The van der Waals surface area contributed by atoms with E-state index in [4.69, 9.17) is 4.74 Å². The normalized spacial score (nSPS) is 24.0. The van der Waals surface area contributed by atoms with Crippen LogP contribution in [0.5, 0.6) is 0 Å². The lowest BCUT2D eigenvalue weighted by molar-refractivity contribution is -0.143. The van der Waals surface area contributed by atoms with Gasteiger partial charge < -0.3 is 9.84 Å². The summed E-state index contributed by atoms with van der Waals surface area (Å²) in [7, 11) is 2.00. The monoisotopic (exact) mass is 277 g/mol. The number of nitrogens with zero attached hydrogens (tertiary/aromatic N) is 1. The van der Waals surface area contributed by atoms with E-state index in [1.807, 2.05) is 7.05 Å². The summed E-state index contributed by atoms with van der Waals surface area (Å²) in [4.78, 5) is 13.5. The molecule has 0 radical (unpaired) electrons. The first-order valence-corrected chi connectivity index (χ1v) is 7.13. The average molecular weight is 277 g/mol. The predicted molar refractivity (Wildman–Crippen MR) is 77.7 cm³/mol. The quantitative estimate of drug-likeness (QED) is 0.898.